The van der Waals surface area contributed by atoms with Crippen LogP contribution in [0.4, 0.5) is 0 Å². The molecule has 1 aromatic heterocycles. The van der Waals surface area contributed by atoms with Gasteiger partial charge >= 0.3 is 0 Å². The first-order valence-electron chi connectivity index (χ1n) is 6.77. The molecule has 0 unspecified atom stereocenters. The smallest absolute Gasteiger partial charge is 0.240 e. The van der Waals surface area contributed by atoms with Crippen molar-refractivity contribution in [2.24, 2.45) is 5.41 Å². The van der Waals surface area contributed by atoms with Crippen molar-refractivity contribution in [2.75, 3.05) is 0 Å². The van der Waals surface area contributed by atoms with Gasteiger partial charge in [0.1, 0.15) is 10.4 Å². The summed E-state index contributed by atoms with van der Waals surface area (Å²) in [5, 5.41) is 13.2. The van der Waals surface area contributed by atoms with Gasteiger partial charge in [-0.15, -0.1) is 11.3 Å². The molecular formula is C14H19N3OS. The number of carbonyl (C=O) groups is 1. The zero-order valence-electron chi connectivity index (χ0n) is 11.2. The summed E-state index contributed by atoms with van der Waals surface area (Å²) in [5.41, 5.74) is -0.817. The molecular weight excluding hydrogens is 258 g/mol. The van der Waals surface area contributed by atoms with Gasteiger partial charge in [-0.1, -0.05) is 25.7 Å². The zero-order chi connectivity index (χ0) is 13.7. The number of aryl methyl sites for hydroxylation is 1. The summed E-state index contributed by atoms with van der Waals surface area (Å²) in [6.07, 6.45) is 7.37. The Morgan fingerprint density at radius 1 is 1.47 bits per heavy atom. The number of nitrogens with zero attached hydrogens (tertiary/aromatic N) is 2. The molecule has 1 N–H and O–H groups in total. The Kier molecular flexibility index (Phi) is 4.54. The lowest BCUT2D eigenvalue weighted by Gasteiger charge is -2.23. The van der Waals surface area contributed by atoms with Gasteiger partial charge in [0.2, 0.25) is 5.91 Å². The minimum absolute atomic E-state index is 0.121. The lowest BCUT2D eigenvalue weighted by atomic mass is 9.81. The van der Waals surface area contributed by atoms with Gasteiger partial charge in [0.25, 0.3) is 0 Å². The van der Waals surface area contributed by atoms with Crippen molar-refractivity contribution in [1.29, 1.82) is 5.26 Å². The Bertz CT molecular complexity index is 481. The number of hydrogen-bond donors (Lipinski definition) is 1. The lowest BCUT2D eigenvalue weighted by molar-refractivity contribution is -0.129. The van der Waals surface area contributed by atoms with E-state index in [9.17, 15) is 10.1 Å². The Morgan fingerprint density at radius 2 is 2.16 bits per heavy atom. The molecule has 0 bridgehead atoms. The SMILES string of the molecule is Cc1cnc(CNC(=O)C2(C#N)CCCCCC2)s1. The van der Waals surface area contributed by atoms with E-state index in [1.165, 1.54) is 0 Å². The molecule has 0 atom stereocenters. The van der Waals surface area contributed by atoms with Crippen molar-refractivity contribution in [2.45, 2.75) is 52.0 Å². The van der Waals surface area contributed by atoms with Gasteiger partial charge in [-0.25, -0.2) is 4.98 Å². The fourth-order valence-electron chi connectivity index (χ4n) is 2.53. The van der Waals surface area contributed by atoms with Crippen molar-refractivity contribution in [3.63, 3.8) is 0 Å². The molecule has 1 aliphatic rings. The van der Waals surface area contributed by atoms with Crippen LogP contribution < -0.4 is 5.32 Å². The van der Waals surface area contributed by atoms with Crippen molar-refractivity contribution in [3.05, 3.63) is 16.1 Å². The maximum absolute atomic E-state index is 12.3. The van der Waals surface area contributed by atoms with Crippen molar-refractivity contribution in [3.8, 4) is 6.07 Å². The second-order valence-electron chi connectivity index (χ2n) is 5.16. The molecule has 0 spiro atoms. The van der Waals surface area contributed by atoms with Gasteiger partial charge in [-0.3, -0.25) is 4.79 Å². The highest BCUT2D eigenvalue weighted by atomic mass is 32.1. The normalized spacial score (nSPS) is 18.3. The number of carbonyl (C=O) groups excluding carboxylic acids is 1. The monoisotopic (exact) mass is 277 g/mol. The molecule has 1 heterocycles. The van der Waals surface area contributed by atoms with Gasteiger partial charge in [-0.05, 0) is 19.8 Å². The van der Waals surface area contributed by atoms with Crippen LogP contribution in [0.2, 0.25) is 0 Å². The number of amides is 1. The quantitative estimate of drug-likeness (QED) is 0.864. The molecule has 2 rings (SSSR count). The summed E-state index contributed by atoms with van der Waals surface area (Å²) in [7, 11) is 0. The molecule has 102 valence electrons. The van der Waals surface area contributed by atoms with Crippen LogP contribution in [0.15, 0.2) is 6.20 Å². The number of nitrogens with one attached hydrogen (secondary N) is 1. The van der Waals surface area contributed by atoms with Gasteiger partial charge in [0, 0.05) is 11.1 Å². The maximum Gasteiger partial charge on any atom is 0.240 e. The number of thiazole rings is 1. The van der Waals surface area contributed by atoms with Crippen LogP contribution >= 0.6 is 11.3 Å². The summed E-state index contributed by atoms with van der Waals surface area (Å²) >= 11 is 1.58. The molecule has 1 aliphatic carbocycles. The third kappa shape index (κ3) is 3.32. The largest absolute Gasteiger partial charge is 0.348 e. The molecule has 4 nitrogen and oxygen atoms in total. The standard InChI is InChI=1S/C14H19N3OS/c1-11-8-16-12(19-11)9-17-13(18)14(10-15)6-4-2-3-5-7-14/h8H,2-7,9H2,1H3,(H,17,18). The Hall–Kier alpha value is -1.41. The molecule has 0 saturated heterocycles. The van der Waals surface area contributed by atoms with Crippen LogP contribution in [-0.4, -0.2) is 10.9 Å². The third-order valence-corrected chi connectivity index (χ3v) is 4.59. The first kappa shape index (κ1) is 14.0. The highest BCUT2D eigenvalue weighted by molar-refractivity contribution is 7.11. The zero-order valence-corrected chi connectivity index (χ0v) is 12.1. The number of hydrogen-bond acceptors (Lipinski definition) is 4. The lowest BCUT2D eigenvalue weighted by Crippen LogP contribution is -2.39. The number of aromatic nitrogens is 1. The van der Waals surface area contributed by atoms with Crippen LogP contribution in [0.3, 0.4) is 0 Å². The molecule has 1 aromatic rings. The fourth-order valence-corrected chi connectivity index (χ4v) is 3.26. The van der Waals surface area contributed by atoms with E-state index in [1.54, 1.807) is 17.5 Å². The fraction of sp³-hybridized carbons (Fsp3) is 0.643. The summed E-state index contributed by atoms with van der Waals surface area (Å²) in [4.78, 5) is 17.7. The first-order chi connectivity index (χ1) is 9.16. The Balaban J connectivity index is 1.98. The minimum atomic E-state index is -0.817. The van der Waals surface area contributed by atoms with E-state index in [-0.39, 0.29) is 5.91 Å². The van der Waals surface area contributed by atoms with Crippen molar-refractivity contribution in [1.82, 2.24) is 10.3 Å². The minimum Gasteiger partial charge on any atom is -0.348 e. The molecule has 0 aromatic carbocycles. The van der Waals surface area contributed by atoms with Crippen LogP contribution in [0.25, 0.3) is 0 Å². The molecule has 0 radical (unpaired) electrons. The van der Waals surface area contributed by atoms with Gasteiger partial charge in [0.15, 0.2) is 0 Å². The summed E-state index contributed by atoms with van der Waals surface area (Å²) < 4.78 is 0. The topological polar surface area (TPSA) is 65.8 Å². The van der Waals surface area contributed by atoms with Gasteiger partial charge in [-0.2, -0.15) is 5.26 Å². The molecule has 1 fully saturated rings. The van der Waals surface area contributed by atoms with E-state index in [0.29, 0.717) is 19.4 Å². The van der Waals surface area contributed by atoms with Crippen LogP contribution in [0, 0.1) is 23.7 Å². The average molecular weight is 277 g/mol. The van der Waals surface area contributed by atoms with E-state index < -0.39 is 5.41 Å². The second kappa shape index (κ2) is 6.16. The van der Waals surface area contributed by atoms with E-state index in [1.807, 2.05) is 6.92 Å². The Labute approximate surface area is 117 Å². The second-order valence-corrected chi connectivity index (χ2v) is 6.47. The molecule has 1 amide bonds. The molecule has 5 heteroatoms. The molecule has 0 aliphatic heterocycles. The highest BCUT2D eigenvalue weighted by Crippen LogP contribution is 2.34. The van der Waals surface area contributed by atoms with Gasteiger partial charge in [0.05, 0.1) is 12.6 Å². The van der Waals surface area contributed by atoms with E-state index in [4.69, 9.17) is 0 Å². The van der Waals surface area contributed by atoms with Crippen molar-refractivity contribution < 1.29 is 4.79 Å². The van der Waals surface area contributed by atoms with Crippen LogP contribution in [0.1, 0.15) is 48.4 Å². The first-order valence-corrected chi connectivity index (χ1v) is 7.59. The van der Waals surface area contributed by atoms with Crippen molar-refractivity contribution >= 4 is 17.2 Å². The molecule has 1 saturated carbocycles. The van der Waals surface area contributed by atoms with E-state index in [2.05, 4.69) is 16.4 Å². The van der Waals surface area contributed by atoms with Crippen LogP contribution in [-0.2, 0) is 11.3 Å². The highest BCUT2D eigenvalue weighted by Gasteiger charge is 2.38. The molecule has 19 heavy (non-hydrogen) atoms. The van der Waals surface area contributed by atoms with Crippen LogP contribution in [0.5, 0.6) is 0 Å². The predicted molar refractivity (Wildman–Crippen MR) is 74.4 cm³/mol. The van der Waals surface area contributed by atoms with E-state index in [0.717, 1.165) is 35.6 Å². The summed E-state index contributed by atoms with van der Waals surface area (Å²) in [6.45, 7) is 2.42. The number of nitriles is 1. The summed E-state index contributed by atoms with van der Waals surface area (Å²) in [5.74, 6) is -0.121. The maximum atomic E-state index is 12.3. The Morgan fingerprint density at radius 3 is 2.68 bits per heavy atom. The average Bonchev–Trinajstić information content (AvgIpc) is 2.69. The predicted octanol–water partition coefficient (Wildman–Crippen LogP) is 2.93. The van der Waals surface area contributed by atoms with E-state index >= 15 is 0 Å². The van der Waals surface area contributed by atoms with Gasteiger partial charge < -0.3 is 5.32 Å². The summed E-state index contributed by atoms with van der Waals surface area (Å²) in [6, 6.07) is 2.27. The third-order valence-electron chi connectivity index (χ3n) is 3.68. The number of rotatable bonds is 3.